The van der Waals surface area contributed by atoms with Crippen LogP contribution in [0.3, 0.4) is 0 Å². The third-order valence-corrected chi connectivity index (χ3v) is 6.61. The summed E-state index contributed by atoms with van der Waals surface area (Å²) in [5.41, 5.74) is 3.70. The fourth-order valence-corrected chi connectivity index (χ4v) is 4.77. The van der Waals surface area contributed by atoms with Crippen molar-refractivity contribution in [1.29, 1.82) is 0 Å². The number of hydrogen-bond donors (Lipinski definition) is 0. The van der Waals surface area contributed by atoms with E-state index in [9.17, 15) is 4.79 Å². The minimum absolute atomic E-state index is 0.0951. The molecular weight excluding hydrogens is 408 g/mol. The Balaban J connectivity index is 1.74. The summed E-state index contributed by atoms with van der Waals surface area (Å²) in [6.07, 6.45) is 3.79. The standard InChI is InChI=1S/C23H22N6OS/c1-4-27-13-12-24-20(27)14-31-23-26-25-22-28(18-11-7-8-15(2)16(18)3)21(30)17-9-5-6-10-19(17)29(22)23/h5-13H,4,14H2,1-3H3. The number of nitrogens with zero attached hydrogens (tertiary/aromatic N) is 6. The van der Waals surface area contributed by atoms with Crippen molar-refractivity contribution in [3.05, 3.63) is 82.2 Å². The van der Waals surface area contributed by atoms with Crippen LogP contribution < -0.4 is 5.56 Å². The lowest BCUT2D eigenvalue weighted by atomic mass is 10.1. The molecule has 3 heterocycles. The molecule has 0 fully saturated rings. The third kappa shape index (κ3) is 3.14. The zero-order chi connectivity index (χ0) is 21.5. The van der Waals surface area contributed by atoms with E-state index >= 15 is 0 Å². The maximum absolute atomic E-state index is 13.5. The first-order chi connectivity index (χ1) is 15.1. The van der Waals surface area contributed by atoms with Crippen molar-refractivity contribution in [2.45, 2.75) is 38.2 Å². The van der Waals surface area contributed by atoms with Crippen LogP contribution in [0.15, 0.2) is 64.8 Å². The Labute approximate surface area is 183 Å². The number of hydrogen-bond acceptors (Lipinski definition) is 5. The fourth-order valence-electron chi connectivity index (χ4n) is 3.86. The van der Waals surface area contributed by atoms with Crippen LogP contribution in [0.4, 0.5) is 0 Å². The van der Waals surface area contributed by atoms with E-state index in [1.165, 1.54) is 0 Å². The van der Waals surface area contributed by atoms with E-state index in [0.29, 0.717) is 16.9 Å². The second kappa shape index (κ2) is 7.70. The van der Waals surface area contributed by atoms with Crippen LogP contribution in [0, 0.1) is 13.8 Å². The Morgan fingerprint density at radius 2 is 1.87 bits per heavy atom. The van der Waals surface area contributed by atoms with Crippen molar-refractivity contribution in [3.8, 4) is 5.69 Å². The van der Waals surface area contributed by atoms with Crippen molar-refractivity contribution in [3.63, 3.8) is 0 Å². The predicted octanol–water partition coefficient (Wildman–Crippen LogP) is 4.16. The van der Waals surface area contributed by atoms with Crippen molar-refractivity contribution < 1.29 is 0 Å². The molecule has 0 radical (unpaired) electrons. The summed E-state index contributed by atoms with van der Waals surface area (Å²) in [7, 11) is 0. The van der Waals surface area contributed by atoms with Crippen LogP contribution >= 0.6 is 11.8 Å². The molecule has 0 saturated carbocycles. The van der Waals surface area contributed by atoms with Gasteiger partial charge in [0.1, 0.15) is 5.82 Å². The lowest BCUT2D eigenvalue weighted by molar-refractivity contribution is 0.725. The smallest absolute Gasteiger partial charge is 0.267 e. The molecule has 8 heteroatoms. The van der Waals surface area contributed by atoms with Gasteiger partial charge in [0.15, 0.2) is 5.16 Å². The fraction of sp³-hybridized carbons (Fsp3) is 0.217. The number of para-hydroxylation sites is 1. The predicted molar refractivity (Wildman–Crippen MR) is 123 cm³/mol. The average molecular weight is 431 g/mol. The number of fused-ring (bicyclic) bond motifs is 3. The Kier molecular flexibility index (Phi) is 4.86. The maximum Gasteiger partial charge on any atom is 0.267 e. The van der Waals surface area contributed by atoms with Gasteiger partial charge in [-0.3, -0.25) is 9.20 Å². The SMILES string of the molecule is CCn1ccnc1CSc1nnc2n(-c3cccc(C)c3C)c(=O)c3ccccc3n12. The maximum atomic E-state index is 13.5. The van der Waals surface area contributed by atoms with Crippen molar-refractivity contribution in [1.82, 2.24) is 28.7 Å². The Hall–Kier alpha value is -3.39. The molecule has 2 aromatic carbocycles. The highest BCUT2D eigenvalue weighted by molar-refractivity contribution is 7.98. The molecule has 7 nitrogen and oxygen atoms in total. The molecule has 0 aliphatic heterocycles. The number of thioether (sulfide) groups is 1. The molecule has 0 aliphatic rings. The van der Waals surface area contributed by atoms with Crippen molar-refractivity contribution >= 4 is 28.4 Å². The van der Waals surface area contributed by atoms with Crippen molar-refractivity contribution in [2.75, 3.05) is 0 Å². The van der Waals surface area contributed by atoms with Crippen molar-refractivity contribution in [2.24, 2.45) is 0 Å². The van der Waals surface area contributed by atoms with Gasteiger partial charge in [0.05, 0.1) is 22.3 Å². The molecule has 5 rings (SSSR count). The lowest BCUT2D eigenvalue weighted by Crippen LogP contribution is -2.22. The molecule has 0 aliphatic carbocycles. The monoisotopic (exact) mass is 430 g/mol. The normalized spacial score (nSPS) is 11.6. The molecule has 0 atom stereocenters. The van der Waals surface area contributed by atoms with Crippen LogP contribution in [0.1, 0.15) is 23.9 Å². The van der Waals surface area contributed by atoms with Gasteiger partial charge in [-0.2, -0.15) is 0 Å². The second-order valence-electron chi connectivity index (χ2n) is 7.41. The van der Waals surface area contributed by atoms with E-state index in [0.717, 1.165) is 39.9 Å². The van der Waals surface area contributed by atoms with Gasteiger partial charge in [-0.15, -0.1) is 10.2 Å². The highest BCUT2D eigenvalue weighted by Crippen LogP contribution is 2.26. The van der Waals surface area contributed by atoms with Crippen LogP contribution in [-0.4, -0.2) is 28.7 Å². The van der Waals surface area contributed by atoms with Crippen LogP contribution in [0.5, 0.6) is 0 Å². The topological polar surface area (TPSA) is 70.0 Å². The summed E-state index contributed by atoms with van der Waals surface area (Å²) in [6.45, 7) is 7.03. The summed E-state index contributed by atoms with van der Waals surface area (Å²) < 4.78 is 5.76. The third-order valence-electron chi connectivity index (χ3n) is 5.68. The summed E-state index contributed by atoms with van der Waals surface area (Å²) >= 11 is 1.57. The Morgan fingerprint density at radius 1 is 1.03 bits per heavy atom. The first-order valence-electron chi connectivity index (χ1n) is 10.2. The van der Waals surface area contributed by atoms with E-state index in [1.807, 2.05) is 73.1 Å². The first-order valence-corrected chi connectivity index (χ1v) is 11.2. The molecule has 0 amide bonds. The van der Waals surface area contributed by atoms with Gasteiger partial charge in [0, 0.05) is 18.9 Å². The van der Waals surface area contributed by atoms with Crippen LogP contribution in [0.2, 0.25) is 0 Å². The number of rotatable bonds is 5. The summed E-state index contributed by atoms with van der Waals surface area (Å²) in [4.78, 5) is 18.0. The molecule has 0 unspecified atom stereocenters. The Morgan fingerprint density at radius 3 is 2.71 bits per heavy atom. The summed E-state index contributed by atoms with van der Waals surface area (Å²) in [5.74, 6) is 2.16. The zero-order valence-electron chi connectivity index (χ0n) is 17.6. The quantitative estimate of drug-likeness (QED) is 0.392. The number of benzene rings is 2. The molecule has 5 aromatic rings. The minimum Gasteiger partial charge on any atom is -0.335 e. The largest absolute Gasteiger partial charge is 0.335 e. The van der Waals surface area contributed by atoms with Gasteiger partial charge in [-0.05, 0) is 50.1 Å². The van der Waals surface area contributed by atoms with Crippen LogP contribution in [-0.2, 0) is 12.3 Å². The van der Waals surface area contributed by atoms with Gasteiger partial charge in [-0.1, -0.05) is 36.0 Å². The lowest BCUT2D eigenvalue weighted by Gasteiger charge is -2.14. The zero-order valence-corrected chi connectivity index (χ0v) is 18.4. The molecule has 3 aromatic heterocycles. The summed E-state index contributed by atoms with van der Waals surface area (Å²) in [6, 6.07) is 13.6. The van der Waals surface area contributed by atoms with E-state index in [4.69, 9.17) is 0 Å². The second-order valence-corrected chi connectivity index (χ2v) is 8.36. The van der Waals surface area contributed by atoms with E-state index in [1.54, 1.807) is 16.3 Å². The minimum atomic E-state index is -0.0951. The van der Waals surface area contributed by atoms with Gasteiger partial charge < -0.3 is 4.57 Å². The highest BCUT2D eigenvalue weighted by atomic mass is 32.2. The van der Waals surface area contributed by atoms with E-state index in [-0.39, 0.29) is 5.56 Å². The molecule has 0 bridgehead atoms. The average Bonchev–Trinajstić information content (AvgIpc) is 3.42. The van der Waals surface area contributed by atoms with Gasteiger partial charge in [0.2, 0.25) is 5.78 Å². The molecule has 0 N–H and O–H groups in total. The highest BCUT2D eigenvalue weighted by Gasteiger charge is 2.19. The number of aromatic nitrogens is 6. The molecule has 0 spiro atoms. The van der Waals surface area contributed by atoms with Crippen LogP contribution in [0.25, 0.3) is 22.4 Å². The molecule has 31 heavy (non-hydrogen) atoms. The van der Waals surface area contributed by atoms with E-state index < -0.39 is 0 Å². The Bertz CT molecular complexity index is 1480. The number of imidazole rings is 1. The summed E-state index contributed by atoms with van der Waals surface area (Å²) in [5, 5.41) is 10.3. The molecule has 156 valence electrons. The number of aryl methyl sites for hydroxylation is 2. The van der Waals surface area contributed by atoms with Gasteiger partial charge >= 0.3 is 0 Å². The molecular formula is C23H22N6OS. The first kappa shape index (κ1) is 19.6. The van der Waals surface area contributed by atoms with E-state index in [2.05, 4.69) is 26.7 Å². The van der Waals surface area contributed by atoms with Gasteiger partial charge in [0.25, 0.3) is 5.56 Å². The van der Waals surface area contributed by atoms with Gasteiger partial charge in [-0.25, -0.2) is 9.55 Å². The molecule has 0 saturated heterocycles.